The van der Waals surface area contributed by atoms with Gasteiger partial charge in [0.15, 0.2) is 0 Å². The first-order valence-electron chi connectivity index (χ1n) is 4.89. The van der Waals surface area contributed by atoms with Crippen molar-refractivity contribution >= 4 is 0 Å². The molecule has 1 heterocycles. The van der Waals surface area contributed by atoms with Gasteiger partial charge in [-0.25, -0.2) is 0 Å². The minimum Gasteiger partial charge on any atom is -0.316 e. The maximum absolute atomic E-state index is 4.16. The molecule has 1 atom stereocenters. The van der Waals surface area contributed by atoms with Crippen molar-refractivity contribution < 1.29 is 0 Å². The molecule has 1 fully saturated rings. The molecule has 0 aromatic carbocycles. The average Bonchev–Trinajstić information content (AvgIpc) is 2.37. The van der Waals surface area contributed by atoms with E-state index in [2.05, 4.69) is 32.7 Å². The number of hydrogen-bond acceptors (Lipinski definition) is 1. The zero-order chi connectivity index (χ0) is 9.19. The van der Waals surface area contributed by atoms with Crippen LogP contribution < -0.4 is 5.32 Å². The summed E-state index contributed by atoms with van der Waals surface area (Å²) in [5.74, 6) is 0.844. The predicted octanol–water partition coefficient (Wildman–Crippen LogP) is 2.59. The number of allylic oxidation sites excluding steroid dienone is 1. The minimum atomic E-state index is 0.294. The molecular formula is C11H21N. The Bertz CT molecular complexity index is 158. The molecule has 1 aliphatic rings. The maximum atomic E-state index is 4.16. The van der Waals surface area contributed by atoms with Crippen molar-refractivity contribution in [3.05, 3.63) is 12.2 Å². The third kappa shape index (κ3) is 2.63. The fraction of sp³-hybridized carbons (Fsp3) is 0.818. The van der Waals surface area contributed by atoms with Crippen molar-refractivity contribution in [3.8, 4) is 0 Å². The Morgan fingerprint density at radius 3 is 2.58 bits per heavy atom. The van der Waals surface area contributed by atoms with Crippen molar-refractivity contribution in [2.24, 2.45) is 11.3 Å². The molecule has 0 radical (unpaired) electrons. The van der Waals surface area contributed by atoms with E-state index in [1.165, 1.54) is 31.5 Å². The van der Waals surface area contributed by atoms with E-state index in [-0.39, 0.29) is 0 Å². The summed E-state index contributed by atoms with van der Waals surface area (Å²) in [5, 5.41) is 3.39. The highest BCUT2D eigenvalue weighted by Crippen LogP contribution is 2.30. The lowest BCUT2D eigenvalue weighted by molar-refractivity contribution is 0.443. The first-order chi connectivity index (χ1) is 5.50. The second kappa shape index (κ2) is 3.61. The van der Waals surface area contributed by atoms with Crippen LogP contribution >= 0.6 is 0 Å². The molecule has 0 aliphatic carbocycles. The van der Waals surface area contributed by atoms with Crippen LogP contribution in [0.1, 0.15) is 33.6 Å². The van der Waals surface area contributed by atoms with Gasteiger partial charge >= 0.3 is 0 Å². The summed E-state index contributed by atoms with van der Waals surface area (Å²) >= 11 is 0. The lowest BCUT2D eigenvalue weighted by atomic mass is 9.82. The third-order valence-electron chi connectivity index (χ3n) is 2.76. The highest BCUT2D eigenvalue weighted by Gasteiger charge is 2.21. The van der Waals surface area contributed by atoms with Crippen LogP contribution in [0, 0.1) is 11.3 Å². The monoisotopic (exact) mass is 167 g/mol. The molecule has 1 nitrogen and oxygen atoms in total. The Kier molecular flexibility index (Phi) is 2.94. The Morgan fingerprint density at radius 2 is 2.17 bits per heavy atom. The summed E-state index contributed by atoms with van der Waals surface area (Å²) in [7, 11) is 0. The first kappa shape index (κ1) is 9.79. The molecule has 0 spiro atoms. The van der Waals surface area contributed by atoms with Crippen molar-refractivity contribution in [1.29, 1.82) is 0 Å². The quantitative estimate of drug-likeness (QED) is 0.623. The summed E-state index contributed by atoms with van der Waals surface area (Å²) < 4.78 is 0. The smallest absolute Gasteiger partial charge is 0.00170 e. The number of rotatable bonds is 2. The highest BCUT2D eigenvalue weighted by atomic mass is 14.9. The van der Waals surface area contributed by atoms with Crippen molar-refractivity contribution in [1.82, 2.24) is 5.32 Å². The summed E-state index contributed by atoms with van der Waals surface area (Å²) in [6, 6.07) is 0. The predicted molar refractivity (Wildman–Crippen MR) is 54.2 cm³/mol. The van der Waals surface area contributed by atoms with Gasteiger partial charge in [-0.1, -0.05) is 32.9 Å². The van der Waals surface area contributed by atoms with Gasteiger partial charge in [0, 0.05) is 0 Å². The zero-order valence-corrected chi connectivity index (χ0v) is 8.61. The first-order valence-corrected chi connectivity index (χ1v) is 4.89. The van der Waals surface area contributed by atoms with E-state index < -0.39 is 0 Å². The van der Waals surface area contributed by atoms with Gasteiger partial charge in [-0.3, -0.25) is 0 Å². The zero-order valence-electron chi connectivity index (χ0n) is 8.61. The van der Waals surface area contributed by atoms with Crippen LogP contribution in [-0.2, 0) is 0 Å². The van der Waals surface area contributed by atoms with E-state index >= 15 is 0 Å². The van der Waals surface area contributed by atoms with Crippen molar-refractivity contribution in [2.45, 2.75) is 33.6 Å². The number of hydrogen-bond donors (Lipinski definition) is 1. The van der Waals surface area contributed by atoms with Crippen molar-refractivity contribution in [2.75, 3.05) is 13.1 Å². The molecule has 1 aliphatic heterocycles. The fourth-order valence-corrected chi connectivity index (χ4v) is 1.54. The summed E-state index contributed by atoms with van der Waals surface area (Å²) in [4.78, 5) is 0. The Morgan fingerprint density at radius 1 is 1.50 bits per heavy atom. The normalized spacial score (nSPS) is 24.4. The van der Waals surface area contributed by atoms with Gasteiger partial charge in [0.25, 0.3) is 0 Å². The lowest BCUT2D eigenvalue weighted by Crippen LogP contribution is -2.14. The van der Waals surface area contributed by atoms with Gasteiger partial charge in [0.1, 0.15) is 0 Å². The van der Waals surface area contributed by atoms with Gasteiger partial charge in [0.05, 0.1) is 0 Å². The minimum absolute atomic E-state index is 0.294. The molecular weight excluding hydrogens is 146 g/mol. The van der Waals surface area contributed by atoms with Crippen LogP contribution in [0.15, 0.2) is 12.2 Å². The SMILES string of the molecule is C=C(CC1CCNC1)C(C)(C)C. The van der Waals surface area contributed by atoms with Gasteiger partial charge in [-0.15, -0.1) is 0 Å². The molecule has 0 saturated carbocycles. The molecule has 0 aromatic heterocycles. The second-order valence-corrected chi connectivity index (χ2v) is 4.92. The van der Waals surface area contributed by atoms with Crippen molar-refractivity contribution in [3.63, 3.8) is 0 Å². The molecule has 1 N–H and O–H groups in total. The van der Waals surface area contributed by atoms with Crippen LogP contribution in [0.3, 0.4) is 0 Å². The van der Waals surface area contributed by atoms with E-state index in [0.717, 1.165) is 5.92 Å². The molecule has 1 saturated heterocycles. The van der Waals surface area contributed by atoms with Crippen LogP contribution in [0.25, 0.3) is 0 Å². The molecule has 1 unspecified atom stereocenters. The molecule has 12 heavy (non-hydrogen) atoms. The van der Waals surface area contributed by atoms with E-state index in [4.69, 9.17) is 0 Å². The molecule has 70 valence electrons. The maximum Gasteiger partial charge on any atom is -0.00170 e. The van der Waals surface area contributed by atoms with Gasteiger partial charge < -0.3 is 5.32 Å². The Hall–Kier alpha value is -0.300. The number of nitrogens with one attached hydrogen (secondary N) is 1. The van der Waals surface area contributed by atoms with Gasteiger partial charge in [-0.05, 0) is 37.3 Å². The largest absolute Gasteiger partial charge is 0.316 e. The highest BCUT2D eigenvalue weighted by molar-refractivity contribution is 5.06. The van der Waals surface area contributed by atoms with E-state index in [9.17, 15) is 0 Å². The van der Waals surface area contributed by atoms with Gasteiger partial charge in [0.2, 0.25) is 0 Å². The third-order valence-corrected chi connectivity index (χ3v) is 2.76. The molecule has 0 amide bonds. The fourth-order valence-electron chi connectivity index (χ4n) is 1.54. The van der Waals surface area contributed by atoms with Gasteiger partial charge in [-0.2, -0.15) is 0 Å². The standard InChI is InChI=1S/C11H21N/c1-9(11(2,3)4)7-10-5-6-12-8-10/h10,12H,1,5-8H2,2-4H3. The van der Waals surface area contributed by atoms with E-state index in [1.54, 1.807) is 0 Å². The van der Waals surface area contributed by atoms with Crippen LogP contribution in [-0.4, -0.2) is 13.1 Å². The average molecular weight is 167 g/mol. The van der Waals surface area contributed by atoms with E-state index in [1.807, 2.05) is 0 Å². The Balaban J connectivity index is 2.35. The summed E-state index contributed by atoms with van der Waals surface area (Å²) in [5.41, 5.74) is 1.69. The van der Waals surface area contributed by atoms with Crippen LogP contribution in [0.5, 0.6) is 0 Å². The second-order valence-electron chi connectivity index (χ2n) is 4.92. The summed E-state index contributed by atoms with van der Waals surface area (Å²) in [6.45, 7) is 13.3. The summed E-state index contributed by atoms with van der Waals surface area (Å²) in [6.07, 6.45) is 2.53. The topological polar surface area (TPSA) is 12.0 Å². The van der Waals surface area contributed by atoms with Crippen LogP contribution in [0.4, 0.5) is 0 Å². The molecule has 0 aromatic rings. The molecule has 0 bridgehead atoms. The molecule has 1 rings (SSSR count). The van der Waals surface area contributed by atoms with Crippen LogP contribution in [0.2, 0.25) is 0 Å². The lowest BCUT2D eigenvalue weighted by Gasteiger charge is -2.24. The Labute approximate surface area is 76.2 Å². The van der Waals surface area contributed by atoms with E-state index in [0.29, 0.717) is 5.41 Å². The molecule has 1 heteroatoms.